The first-order valence-electron chi connectivity index (χ1n) is 14.1. The maximum Gasteiger partial charge on any atom is 0.410 e. The molecule has 0 bridgehead atoms. The van der Waals surface area contributed by atoms with Crippen LogP contribution in [0, 0.1) is 11.8 Å². The normalized spacial score (nSPS) is 24.4. The molecule has 0 unspecified atom stereocenters. The second-order valence-electron chi connectivity index (χ2n) is 11.4. The van der Waals surface area contributed by atoms with Gasteiger partial charge < -0.3 is 29.1 Å². The number of hydrogen-bond donors (Lipinski definition) is 1. The molecule has 3 heterocycles. The van der Waals surface area contributed by atoms with E-state index in [1.54, 1.807) is 15.9 Å². The number of likely N-dealkylation sites (tertiary alicyclic amines) is 2. The third kappa shape index (κ3) is 15.0. The van der Waals surface area contributed by atoms with Gasteiger partial charge in [-0.15, -0.1) is 13.2 Å². The van der Waals surface area contributed by atoms with Crippen LogP contribution in [0.25, 0.3) is 0 Å². The van der Waals surface area contributed by atoms with Crippen molar-refractivity contribution in [2.24, 2.45) is 11.8 Å². The second kappa shape index (κ2) is 18.6. The number of aliphatic hydroxyl groups excluding tert-OH is 1. The van der Waals surface area contributed by atoms with Crippen molar-refractivity contribution in [3.05, 3.63) is 25.3 Å². The van der Waals surface area contributed by atoms with Gasteiger partial charge in [-0.3, -0.25) is 0 Å². The fourth-order valence-electron chi connectivity index (χ4n) is 4.14. The zero-order chi connectivity index (χ0) is 30.9. The molecule has 4 atom stereocenters. The van der Waals surface area contributed by atoms with Gasteiger partial charge in [0.05, 0.1) is 12.6 Å². The molecule has 3 aliphatic rings. The van der Waals surface area contributed by atoms with E-state index < -0.39 is 11.2 Å². The Morgan fingerprint density at radius 1 is 1.00 bits per heavy atom. The molecular formula is C28H51N2O7PS. The first kappa shape index (κ1) is 35.3. The van der Waals surface area contributed by atoms with Crippen LogP contribution in [0.15, 0.2) is 25.3 Å². The third-order valence-corrected chi connectivity index (χ3v) is 6.07. The molecule has 39 heavy (non-hydrogen) atoms. The maximum absolute atomic E-state index is 11.9. The largest absolute Gasteiger partial charge is 0.444 e. The van der Waals surface area contributed by atoms with Crippen LogP contribution in [0.2, 0.25) is 0 Å². The lowest BCUT2D eigenvalue weighted by atomic mass is 10.0. The van der Waals surface area contributed by atoms with Gasteiger partial charge in [0.1, 0.15) is 22.0 Å². The molecule has 0 aromatic heterocycles. The van der Waals surface area contributed by atoms with Gasteiger partial charge in [0.15, 0.2) is 0 Å². The summed E-state index contributed by atoms with van der Waals surface area (Å²) in [5.74, 6) is 0.391. The molecule has 3 saturated heterocycles. The van der Waals surface area contributed by atoms with E-state index in [0.717, 1.165) is 26.1 Å². The number of nitrogens with zero attached hydrogens (tertiary/aromatic N) is 2. The summed E-state index contributed by atoms with van der Waals surface area (Å²) in [5, 5.41) is 9.29. The van der Waals surface area contributed by atoms with Gasteiger partial charge in [0, 0.05) is 39.6 Å². The zero-order valence-electron chi connectivity index (χ0n) is 25.6. The van der Waals surface area contributed by atoms with E-state index in [4.69, 9.17) is 19.8 Å². The number of carbonyl (C=O) groups is 2. The number of amides is 2. The molecule has 0 aromatic rings. The molecule has 0 spiro atoms. The Labute approximate surface area is 242 Å². The highest BCUT2D eigenvalue weighted by Crippen LogP contribution is 2.27. The first-order chi connectivity index (χ1) is 18.7. The molecule has 3 aliphatic heterocycles. The van der Waals surface area contributed by atoms with Crippen molar-refractivity contribution in [2.75, 3.05) is 32.9 Å². The van der Waals surface area contributed by atoms with E-state index in [1.165, 1.54) is 12.8 Å². The van der Waals surface area contributed by atoms with Crippen molar-refractivity contribution in [3.8, 4) is 0 Å². The van der Waals surface area contributed by atoms with Crippen molar-refractivity contribution < 1.29 is 34.5 Å². The van der Waals surface area contributed by atoms with E-state index in [0.29, 0.717) is 23.9 Å². The van der Waals surface area contributed by atoms with Crippen LogP contribution in [0.1, 0.15) is 75.5 Å². The summed E-state index contributed by atoms with van der Waals surface area (Å²) in [7, 11) is 2.85. The molecule has 0 aliphatic carbocycles. The summed E-state index contributed by atoms with van der Waals surface area (Å²) < 4.78 is 31.8. The number of ether oxygens (including phenoxy) is 3. The lowest BCUT2D eigenvalue weighted by Crippen LogP contribution is -2.42. The quantitative estimate of drug-likeness (QED) is 0.333. The Morgan fingerprint density at radius 3 is 1.79 bits per heavy atom. The topological polar surface area (TPSA) is 106 Å². The molecular weight excluding hydrogens is 539 g/mol. The Hall–Kier alpha value is -1.74. The smallest absolute Gasteiger partial charge is 0.410 e. The predicted molar refractivity (Wildman–Crippen MR) is 159 cm³/mol. The number of aliphatic hydroxyl groups is 1. The van der Waals surface area contributed by atoms with Crippen LogP contribution in [0.3, 0.4) is 0 Å². The van der Waals surface area contributed by atoms with Gasteiger partial charge in [-0.05, 0) is 88.1 Å². The number of rotatable bonds is 3. The summed E-state index contributed by atoms with van der Waals surface area (Å²) in [6.07, 6.45) is 7.25. The molecule has 1 N–H and O–H groups in total. The average molecular weight is 593 g/mol. The second-order valence-corrected chi connectivity index (χ2v) is 12.1. The van der Waals surface area contributed by atoms with Crippen molar-refractivity contribution in [1.82, 2.24) is 9.80 Å². The minimum absolute atomic E-state index is 0.0457. The SMILES string of the molecule is C1CCOC1.C=C[C@H]1CCN(C(=O)OC(C)(C)C)[C@@H]1CO.O=S=P.[3H]C[C@@H]1[C@@H](C=C)CCN1C(=O)OC(C)(C)C. The summed E-state index contributed by atoms with van der Waals surface area (Å²) in [6, 6.07) is -0.264. The Balaban J connectivity index is 0.000000597. The summed E-state index contributed by atoms with van der Waals surface area (Å²) in [6.45, 7) is 22.0. The highest BCUT2D eigenvalue weighted by atomic mass is 32.4. The van der Waals surface area contributed by atoms with Gasteiger partial charge in [0.25, 0.3) is 0 Å². The molecule has 2 amide bonds. The van der Waals surface area contributed by atoms with E-state index in [2.05, 4.69) is 21.2 Å². The lowest BCUT2D eigenvalue weighted by Gasteiger charge is -2.28. The molecule has 3 rings (SSSR count). The summed E-state index contributed by atoms with van der Waals surface area (Å²) >= 11 is 0. The van der Waals surface area contributed by atoms with Crippen molar-refractivity contribution >= 4 is 31.0 Å². The van der Waals surface area contributed by atoms with Gasteiger partial charge in [-0.25, -0.2) is 13.8 Å². The van der Waals surface area contributed by atoms with Gasteiger partial charge in [-0.2, -0.15) is 0 Å². The third-order valence-electron chi connectivity index (χ3n) is 6.07. The van der Waals surface area contributed by atoms with Crippen LogP contribution < -0.4 is 0 Å². The van der Waals surface area contributed by atoms with E-state index in [9.17, 15) is 14.7 Å². The first-order valence-corrected chi connectivity index (χ1v) is 15.3. The van der Waals surface area contributed by atoms with Gasteiger partial charge in [-0.1, -0.05) is 12.2 Å². The molecule has 11 heteroatoms. The van der Waals surface area contributed by atoms with Crippen LogP contribution in [0.4, 0.5) is 9.59 Å². The number of hydrogen-bond acceptors (Lipinski definition) is 7. The van der Waals surface area contributed by atoms with Gasteiger partial charge in [0.2, 0.25) is 0 Å². The highest BCUT2D eigenvalue weighted by Gasteiger charge is 2.37. The highest BCUT2D eigenvalue weighted by molar-refractivity contribution is 7.93. The maximum atomic E-state index is 11.9. The molecule has 226 valence electrons. The fourth-order valence-corrected chi connectivity index (χ4v) is 4.14. The summed E-state index contributed by atoms with van der Waals surface area (Å²) in [4.78, 5) is 27.0. The van der Waals surface area contributed by atoms with Crippen LogP contribution in [0.5, 0.6) is 0 Å². The van der Waals surface area contributed by atoms with E-state index in [-0.39, 0.29) is 49.6 Å². The minimum atomic E-state index is -0.497. The zero-order valence-corrected chi connectivity index (χ0v) is 26.5. The standard InChI is InChI=1S/C12H21NO3.C12H21NO2.C4H8O.HOPS/c1-5-9-6-7-13(10(9)8-14)11(15)16-12(2,3)4;1-6-10-7-8-13(9(10)2)11(14)15-12(3,4)5;1-2-4-5-3-1;1-3-2/h5,9-10,14H,1,6-8H2,2-4H3;6,9-10H,1,7-8H2,2-5H3;1-4H2;2H/t2*9-,10+;;/m01../s1/i;2T;;. The fraction of sp³-hybridized carbons (Fsp3) is 0.786. The molecule has 0 radical (unpaired) electrons. The number of carbonyl (C=O) groups excluding carboxylic acids is 2. The molecule has 3 fully saturated rings. The van der Waals surface area contributed by atoms with Crippen molar-refractivity contribution in [1.29, 1.82) is 0 Å². The van der Waals surface area contributed by atoms with Crippen LogP contribution in [-0.2, 0) is 25.1 Å². The van der Waals surface area contributed by atoms with Crippen LogP contribution in [-0.4, -0.2) is 87.5 Å². The minimum Gasteiger partial charge on any atom is -0.444 e. The Bertz CT molecular complexity index is 761. The molecule has 0 aromatic carbocycles. The summed E-state index contributed by atoms with van der Waals surface area (Å²) in [5.41, 5.74) is -0.973. The van der Waals surface area contributed by atoms with E-state index in [1.807, 2.05) is 47.6 Å². The monoisotopic (exact) mass is 592 g/mol. The lowest BCUT2D eigenvalue weighted by molar-refractivity contribution is 0.0157. The van der Waals surface area contributed by atoms with E-state index >= 15 is 0 Å². The Morgan fingerprint density at radius 2 is 1.44 bits per heavy atom. The van der Waals surface area contributed by atoms with Crippen LogP contribution >= 0.6 is 8.02 Å². The van der Waals surface area contributed by atoms with Gasteiger partial charge >= 0.3 is 12.2 Å². The van der Waals surface area contributed by atoms with Crippen molar-refractivity contribution in [2.45, 2.75) is 97.4 Å². The Kier molecular flexibility index (Phi) is 16.8. The average Bonchev–Trinajstić information content (AvgIpc) is 3.63. The molecule has 9 nitrogen and oxygen atoms in total. The van der Waals surface area contributed by atoms with Crippen molar-refractivity contribution in [3.63, 3.8) is 0 Å². The predicted octanol–water partition coefficient (Wildman–Crippen LogP) is 5.66. The molecule has 0 saturated carbocycles.